The molecule has 1 rings (SSSR count). The second-order valence-electron chi connectivity index (χ2n) is 4.15. The van der Waals surface area contributed by atoms with E-state index in [0.717, 1.165) is 25.4 Å². The molecule has 1 aromatic rings. The van der Waals surface area contributed by atoms with Gasteiger partial charge in [0.2, 0.25) is 0 Å². The third kappa shape index (κ3) is 4.42. The van der Waals surface area contributed by atoms with Gasteiger partial charge in [0.05, 0.1) is 6.20 Å². The van der Waals surface area contributed by atoms with E-state index in [1.54, 1.807) is 6.20 Å². The molecular weight excluding hydrogens is 188 g/mol. The van der Waals surface area contributed by atoms with E-state index in [-0.39, 0.29) is 0 Å². The summed E-state index contributed by atoms with van der Waals surface area (Å²) >= 11 is 0. The summed E-state index contributed by atoms with van der Waals surface area (Å²) in [5.41, 5.74) is 0. The highest BCUT2D eigenvalue weighted by Crippen LogP contribution is 2.06. The van der Waals surface area contributed by atoms with Crippen LogP contribution in [0, 0.1) is 5.92 Å². The van der Waals surface area contributed by atoms with Crippen LogP contribution in [-0.4, -0.2) is 27.6 Å². The van der Waals surface area contributed by atoms with Crippen molar-refractivity contribution in [2.45, 2.75) is 46.2 Å². The van der Waals surface area contributed by atoms with Gasteiger partial charge in [-0.2, -0.15) is 0 Å². The van der Waals surface area contributed by atoms with Crippen LogP contribution in [0.5, 0.6) is 0 Å². The van der Waals surface area contributed by atoms with Crippen LogP contribution >= 0.6 is 0 Å². The quantitative estimate of drug-likeness (QED) is 0.696. The molecule has 0 fully saturated rings. The van der Waals surface area contributed by atoms with Gasteiger partial charge in [-0.1, -0.05) is 25.5 Å². The zero-order chi connectivity index (χ0) is 11.1. The highest BCUT2D eigenvalue weighted by Gasteiger charge is 2.08. The van der Waals surface area contributed by atoms with Crippen LogP contribution in [-0.2, 0) is 6.54 Å². The third-order valence-electron chi connectivity index (χ3n) is 3.00. The maximum atomic E-state index is 3.92. The van der Waals surface area contributed by atoms with Crippen LogP contribution < -0.4 is 5.32 Å². The minimum Gasteiger partial charge on any atom is -0.314 e. The van der Waals surface area contributed by atoms with E-state index >= 15 is 0 Å². The Morgan fingerprint density at radius 3 is 2.80 bits per heavy atom. The Balaban J connectivity index is 2.06. The third-order valence-corrected chi connectivity index (χ3v) is 3.00. The summed E-state index contributed by atoms with van der Waals surface area (Å²) in [6.45, 7) is 8.77. The predicted octanol–water partition coefficient (Wildman–Crippen LogP) is 1.69. The largest absolute Gasteiger partial charge is 0.314 e. The summed E-state index contributed by atoms with van der Waals surface area (Å²) in [7, 11) is 0. The SMILES string of the molecule is CCC(C)C(C)NCCCn1ccnn1. The molecule has 1 N–H and O–H groups in total. The van der Waals surface area contributed by atoms with Crippen molar-refractivity contribution in [2.75, 3.05) is 6.54 Å². The summed E-state index contributed by atoms with van der Waals surface area (Å²) < 4.78 is 1.87. The van der Waals surface area contributed by atoms with Crippen molar-refractivity contribution in [3.05, 3.63) is 12.4 Å². The normalized spacial score (nSPS) is 15.1. The van der Waals surface area contributed by atoms with E-state index in [4.69, 9.17) is 0 Å². The molecule has 0 aliphatic rings. The molecular formula is C11H22N4. The predicted molar refractivity (Wildman–Crippen MR) is 61.6 cm³/mol. The molecule has 86 valence electrons. The molecule has 15 heavy (non-hydrogen) atoms. The molecule has 1 heterocycles. The minimum absolute atomic E-state index is 0.603. The molecule has 0 radical (unpaired) electrons. The Labute approximate surface area is 92.1 Å². The molecule has 1 aromatic heterocycles. The molecule has 0 spiro atoms. The van der Waals surface area contributed by atoms with Crippen molar-refractivity contribution in [1.29, 1.82) is 0 Å². The van der Waals surface area contributed by atoms with E-state index < -0.39 is 0 Å². The molecule has 0 aromatic carbocycles. The Kier molecular flexibility index (Phi) is 5.32. The Morgan fingerprint density at radius 2 is 2.20 bits per heavy atom. The van der Waals surface area contributed by atoms with Crippen molar-refractivity contribution in [2.24, 2.45) is 5.92 Å². The fourth-order valence-electron chi connectivity index (χ4n) is 1.48. The zero-order valence-electron chi connectivity index (χ0n) is 9.98. The number of aryl methyl sites for hydroxylation is 1. The van der Waals surface area contributed by atoms with E-state index in [1.165, 1.54) is 6.42 Å². The highest BCUT2D eigenvalue weighted by molar-refractivity contribution is 4.68. The number of rotatable bonds is 7. The standard InChI is InChI=1S/C11H22N4/c1-4-10(2)11(3)12-6-5-8-15-9-7-13-14-15/h7,9-12H,4-6,8H2,1-3H3. The molecule has 4 nitrogen and oxygen atoms in total. The molecule has 0 aliphatic heterocycles. The first-order valence-corrected chi connectivity index (χ1v) is 5.81. The van der Waals surface area contributed by atoms with Gasteiger partial charge >= 0.3 is 0 Å². The van der Waals surface area contributed by atoms with Crippen molar-refractivity contribution < 1.29 is 0 Å². The molecule has 0 amide bonds. The fourth-order valence-corrected chi connectivity index (χ4v) is 1.48. The monoisotopic (exact) mass is 210 g/mol. The van der Waals surface area contributed by atoms with Gasteiger partial charge in [-0.05, 0) is 25.8 Å². The lowest BCUT2D eigenvalue weighted by atomic mass is 10.0. The van der Waals surface area contributed by atoms with Gasteiger partial charge in [0.1, 0.15) is 0 Å². The number of nitrogens with one attached hydrogen (secondary N) is 1. The number of nitrogens with zero attached hydrogens (tertiary/aromatic N) is 3. The highest BCUT2D eigenvalue weighted by atomic mass is 15.4. The van der Waals surface area contributed by atoms with Gasteiger partial charge in [-0.15, -0.1) is 5.10 Å². The Bertz CT molecular complexity index is 245. The van der Waals surface area contributed by atoms with E-state index in [1.807, 2.05) is 10.9 Å². The summed E-state index contributed by atoms with van der Waals surface area (Å²) in [5.74, 6) is 0.747. The first-order valence-electron chi connectivity index (χ1n) is 5.81. The Hall–Kier alpha value is -0.900. The lowest BCUT2D eigenvalue weighted by molar-refractivity contribution is 0.382. The molecule has 0 saturated carbocycles. The molecule has 0 bridgehead atoms. The first-order chi connectivity index (χ1) is 7.24. The molecule has 0 saturated heterocycles. The van der Waals surface area contributed by atoms with Crippen LogP contribution in [0.4, 0.5) is 0 Å². The lowest BCUT2D eigenvalue weighted by Crippen LogP contribution is -2.33. The smallest absolute Gasteiger partial charge is 0.0692 e. The minimum atomic E-state index is 0.603. The van der Waals surface area contributed by atoms with Gasteiger partial charge in [0, 0.05) is 18.8 Å². The maximum Gasteiger partial charge on any atom is 0.0692 e. The van der Waals surface area contributed by atoms with Crippen LogP contribution in [0.2, 0.25) is 0 Å². The molecule has 0 aliphatic carbocycles. The van der Waals surface area contributed by atoms with Crippen molar-refractivity contribution in [1.82, 2.24) is 20.3 Å². The van der Waals surface area contributed by atoms with Gasteiger partial charge in [-0.25, -0.2) is 0 Å². The second kappa shape index (κ2) is 6.56. The fraction of sp³-hybridized carbons (Fsp3) is 0.818. The van der Waals surface area contributed by atoms with Crippen LogP contribution in [0.3, 0.4) is 0 Å². The zero-order valence-corrected chi connectivity index (χ0v) is 9.98. The summed E-state index contributed by atoms with van der Waals surface area (Å²) in [6.07, 6.45) is 5.95. The lowest BCUT2D eigenvalue weighted by Gasteiger charge is -2.19. The van der Waals surface area contributed by atoms with Crippen LogP contribution in [0.1, 0.15) is 33.6 Å². The van der Waals surface area contributed by atoms with Crippen molar-refractivity contribution in [3.63, 3.8) is 0 Å². The summed E-state index contributed by atoms with van der Waals surface area (Å²) in [5, 5.41) is 11.2. The van der Waals surface area contributed by atoms with E-state index in [9.17, 15) is 0 Å². The summed E-state index contributed by atoms with van der Waals surface area (Å²) in [6, 6.07) is 0.603. The summed E-state index contributed by atoms with van der Waals surface area (Å²) in [4.78, 5) is 0. The number of hydrogen-bond acceptors (Lipinski definition) is 3. The maximum absolute atomic E-state index is 3.92. The van der Waals surface area contributed by atoms with E-state index in [0.29, 0.717) is 6.04 Å². The molecule has 2 atom stereocenters. The van der Waals surface area contributed by atoms with Gasteiger partial charge < -0.3 is 5.32 Å². The van der Waals surface area contributed by atoms with E-state index in [2.05, 4.69) is 36.4 Å². The molecule has 2 unspecified atom stereocenters. The van der Waals surface area contributed by atoms with Crippen molar-refractivity contribution >= 4 is 0 Å². The number of hydrogen-bond donors (Lipinski definition) is 1. The van der Waals surface area contributed by atoms with Gasteiger partial charge in [0.25, 0.3) is 0 Å². The first kappa shape index (κ1) is 12.2. The van der Waals surface area contributed by atoms with Gasteiger partial charge in [-0.3, -0.25) is 4.68 Å². The van der Waals surface area contributed by atoms with Gasteiger partial charge in [0.15, 0.2) is 0 Å². The Morgan fingerprint density at radius 1 is 1.40 bits per heavy atom. The van der Waals surface area contributed by atoms with Crippen LogP contribution in [0.25, 0.3) is 0 Å². The molecule has 4 heteroatoms. The number of aromatic nitrogens is 3. The van der Waals surface area contributed by atoms with Crippen LogP contribution in [0.15, 0.2) is 12.4 Å². The van der Waals surface area contributed by atoms with Crippen molar-refractivity contribution in [3.8, 4) is 0 Å². The second-order valence-corrected chi connectivity index (χ2v) is 4.15. The average molecular weight is 210 g/mol. The average Bonchev–Trinajstić information content (AvgIpc) is 2.75. The topological polar surface area (TPSA) is 42.7 Å².